The maximum Gasteiger partial charge on any atom is 0.419 e. The van der Waals surface area contributed by atoms with Gasteiger partial charge in [-0.1, -0.05) is 36.4 Å². The van der Waals surface area contributed by atoms with Gasteiger partial charge in [0, 0.05) is 24.6 Å². The van der Waals surface area contributed by atoms with Crippen LogP contribution in [0.1, 0.15) is 47.9 Å². The minimum atomic E-state index is -4.58. The molecule has 14 heteroatoms. The number of allylic oxidation sites excluding steroid dienone is 2. The van der Waals surface area contributed by atoms with Crippen LogP contribution in [0.25, 0.3) is 11.1 Å². The Balaban J connectivity index is 2.27. The summed E-state index contributed by atoms with van der Waals surface area (Å²) in [4.78, 5) is 28.8. The Morgan fingerprint density at radius 3 is 1.33 bits per heavy atom. The Bertz CT molecular complexity index is 1270. The molecule has 2 atom stereocenters. The van der Waals surface area contributed by atoms with E-state index in [2.05, 4.69) is 0 Å². The zero-order valence-electron chi connectivity index (χ0n) is 25.7. The number of carbonyl (C=O) groups excluding carboxylic acids is 2. The standard InChI is InChI=1S/C32H36Cl2F6N2O4/c1-41(2)27(19-23(11-7-15-33)21-9-5-13-25(17-21)31(35,36)37)45-29(43)30(44)46-28(42(3)4)20-24(12-8-16-34)22-10-6-14-26(18-22)32(38,39)40/h5-6,9-14,17-18,27-28H,7-8,15-16,19-20H2,1-4H3. The third-order valence-corrected chi connectivity index (χ3v) is 7.15. The Hall–Kier alpha value is -3.06. The van der Waals surface area contributed by atoms with Crippen molar-refractivity contribution in [2.24, 2.45) is 0 Å². The van der Waals surface area contributed by atoms with Gasteiger partial charge in [-0.25, -0.2) is 9.59 Å². The number of carbonyl (C=O) groups is 2. The minimum absolute atomic E-state index is 0.0812. The maximum absolute atomic E-state index is 13.4. The predicted octanol–water partition coefficient (Wildman–Crippen LogP) is 8.09. The van der Waals surface area contributed by atoms with Crippen molar-refractivity contribution in [3.63, 3.8) is 0 Å². The normalized spacial score (nSPS) is 14.4. The summed E-state index contributed by atoms with van der Waals surface area (Å²) in [7, 11) is 6.22. The molecule has 0 bridgehead atoms. The van der Waals surface area contributed by atoms with Crippen LogP contribution < -0.4 is 0 Å². The Kier molecular flexibility index (Phi) is 15.1. The summed E-state index contributed by atoms with van der Waals surface area (Å²) in [6.07, 6.45) is -7.58. The van der Waals surface area contributed by atoms with Gasteiger partial charge in [0.05, 0.1) is 11.1 Å². The van der Waals surface area contributed by atoms with Crippen molar-refractivity contribution in [1.29, 1.82) is 0 Å². The molecule has 0 saturated heterocycles. The smallest absolute Gasteiger partial charge is 0.419 e. The first-order chi connectivity index (χ1) is 21.5. The van der Waals surface area contributed by atoms with Gasteiger partial charge in [-0.15, -0.1) is 23.2 Å². The van der Waals surface area contributed by atoms with Gasteiger partial charge in [0.25, 0.3) is 0 Å². The van der Waals surface area contributed by atoms with Crippen molar-refractivity contribution in [2.45, 2.75) is 50.5 Å². The molecule has 0 spiro atoms. The topological polar surface area (TPSA) is 59.1 Å². The summed E-state index contributed by atoms with van der Waals surface area (Å²) >= 11 is 11.6. The van der Waals surface area contributed by atoms with E-state index in [1.165, 1.54) is 34.1 Å². The summed E-state index contributed by atoms with van der Waals surface area (Å²) in [5.74, 6) is -2.35. The highest BCUT2D eigenvalue weighted by Crippen LogP contribution is 2.34. The van der Waals surface area contributed by atoms with Crippen LogP contribution in [-0.2, 0) is 31.4 Å². The summed E-state index contributed by atoms with van der Waals surface area (Å²) in [6, 6.07) is 9.32. The lowest BCUT2D eigenvalue weighted by molar-refractivity contribution is -0.182. The van der Waals surface area contributed by atoms with Crippen LogP contribution in [0, 0.1) is 0 Å². The van der Waals surface area contributed by atoms with E-state index in [1.807, 2.05) is 0 Å². The number of halogens is 8. The van der Waals surface area contributed by atoms with Gasteiger partial charge >= 0.3 is 24.3 Å². The molecule has 0 N–H and O–H groups in total. The molecule has 0 saturated carbocycles. The third-order valence-electron chi connectivity index (χ3n) is 6.71. The molecule has 46 heavy (non-hydrogen) atoms. The molecule has 2 aromatic rings. The Morgan fingerprint density at radius 2 is 1.04 bits per heavy atom. The van der Waals surface area contributed by atoms with Gasteiger partial charge in [-0.05, 0) is 87.6 Å². The second-order valence-electron chi connectivity index (χ2n) is 10.6. The van der Waals surface area contributed by atoms with Crippen LogP contribution in [-0.4, -0.2) is 74.1 Å². The second kappa shape index (κ2) is 17.7. The molecule has 0 heterocycles. The van der Waals surface area contributed by atoms with Crippen LogP contribution in [0.4, 0.5) is 26.3 Å². The number of ether oxygens (including phenoxy) is 2. The minimum Gasteiger partial charge on any atom is -0.438 e. The summed E-state index contributed by atoms with van der Waals surface area (Å²) in [6.45, 7) is 0. The Morgan fingerprint density at radius 1 is 0.696 bits per heavy atom. The molecular weight excluding hydrogens is 661 g/mol. The van der Waals surface area contributed by atoms with Crippen LogP contribution in [0.3, 0.4) is 0 Å². The van der Waals surface area contributed by atoms with Crippen molar-refractivity contribution >= 4 is 46.3 Å². The van der Waals surface area contributed by atoms with Gasteiger partial charge < -0.3 is 9.47 Å². The number of alkyl halides is 8. The van der Waals surface area contributed by atoms with Crippen LogP contribution in [0.5, 0.6) is 0 Å². The fraction of sp³-hybridized carbons (Fsp3) is 0.438. The molecule has 6 nitrogen and oxygen atoms in total. The van der Waals surface area contributed by atoms with Gasteiger partial charge in [0.1, 0.15) is 0 Å². The molecule has 0 aliphatic rings. The average Bonchev–Trinajstić information content (AvgIpc) is 2.98. The van der Waals surface area contributed by atoms with E-state index in [0.29, 0.717) is 24.0 Å². The highest BCUT2D eigenvalue weighted by Gasteiger charge is 2.33. The number of hydrogen-bond donors (Lipinski definition) is 0. The first-order valence-corrected chi connectivity index (χ1v) is 15.1. The largest absolute Gasteiger partial charge is 0.438 e. The molecule has 0 aliphatic carbocycles. The molecule has 2 rings (SSSR count). The number of hydrogen-bond acceptors (Lipinski definition) is 6. The lowest BCUT2D eigenvalue weighted by atomic mass is 9.98. The molecule has 0 amide bonds. The first kappa shape index (κ1) is 39.1. The SMILES string of the molecule is CN(C)C(CC(=CCCCl)c1cccc(C(F)(F)F)c1)OC(=O)C(=O)OC(CC(=CCCCl)c1cccc(C(F)(F)F)c1)N(C)C. The monoisotopic (exact) mass is 696 g/mol. The molecule has 2 aromatic carbocycles. The summed E-state index contributed by atoms with van der Waals surface area (Å²) < 4.78 is 91.1. The van der Waals surface area contributed by atoms with E-state index >= 15 is 0 Å². The zero-order valence-corrected chi connectivity index (χ0v) is 27.2. The van der Waals surface area contributed by atoms with E-state index in [9.17, 15) is 35.9 Å². The number of esters is 2. The van der Waals surface area contributed by atoms with Crippen molar-refractivity contribution in [1.82, 2.24) is 9.80 Å². The fourth-order valence-electron chi connectivity index (χ4n) is 4.27. The fourth-order valence-corrected chi connectivity index (χ4v) is 4.48. The van der Waals surface area contributed by atoms with Crippen molar-refractivity contribution in [3.05, 3.63) is 82.9 Å². The molecule has 0 radical (unpaired) electrons. The summed E-state index contributed by atoms with van der Waals surface area (Å²) in [5, 5.41) is 0. The van der Waals surface area contributed by atoms with Gasteiger partial charge in [-0.3, -0.25) is 9.80 Å². The zero-order chi connectivity index (χ0) is 34.7. The molecule has 2 unspecified atom stereocenters. The third kappa shape index (κ3) is 12.3. The van der Waals surface area contributed by atoms with E-state index in [4.69, 9.17) is 32.7 Å². The van der Waals surface area contributed by atoms with Crippen molar-refractivity contribution in [2.75, 3.05) is 40.0 Å². The molecular formula is C32H36Cl2F6N2O4. The second-order valence-corrected chi connectivity index (χ2v) is 11.4. The molecule has 254 valence electrons. The van der Waals surface area contributed by atoms with E-state index in [0.717, 1.165) is 24.3 Å². The van der Waals surface area contributed by atoms with E-state index < -0.39 is 47.9 Å². The van der Waals surface area contributed by atoms with Gasteiger partial charge in [0.15, 0.2) is 12.5 Å². The average molecular weight is 698 g/mol. The number of benzene rings is 2. The predicted molar refractivity (Wildman–Crippen MR) is 166 cm³/mol. The van der Waals surface area contributed by atoms with Crippen LogP contribution in [0.15, 0.2) is 60.7 Å². The van der Waals surface area contributed by atoms with Crippen molar-refractivity contribution in [3.8, 4) is 0 Å². The summed E-state index contributed by atoms with van der Waals surface area (Å²) in [5.41, 5.74) is -0.417. The van der Waals surface area contributed by atoms with Crippen LogP contribution in [0.2, 0.25) is 0 Å². The molecule has 0 aliphatic heterocycles. The molecule has 0 aromatic heterocycles. The highest BCUT2D eigenvalue weighted by molar-refractivity contribution is 6.29. The van der Waals surface area contributed by atoms with E-state index in [1.54, 1.807) is 40.3 Å². The highest BCUT2D eigenvalue weighted by atomic mass is 35.5. The Labute approximate surface area is 274 Å². The van der Waals surface area contributed by atoms with Crippen LogP contribution >= 0.6 is 23.2 Å². The van der Waals surface area contributed by atoms with Gasteiger partial charge in [0.2, 0.25) is 0 Å². The van der Waals surface area contributed by atoms with E-state index in [-0.39, 0.29) is 35.7 Å². The van der Waals surface area contributed by atoms with Crippen molar-refractivity contribution < 1.29 is 45.4 Å². The maximum atomic E-state index is 13.4. The lowest BCUT2D eigenvalue weighted by Crippen LogP contribution is -2.39. The number of rotatable bonds is 14. The molecule has 0 fully saturated rings. The number of nitrogens with zero attached hydrogens (tertiary/aromatic N) is 2. The quantitative estimate of drug-likeness (QED) is 0.0655. The first-order valence-electron chi connectivity index (χ1n) is 14.1. The van der Waals surface area contributed by atoms with Gasteiger partial charge in [-0.2, -0.15) is 26.3 Å². The lowest BCUT2D eigenvalue weighted by Gasteiger charge is -2.27.